The second kappa shape index (κ2) is 13.1. The third-order valence-corrected chi connectivity index (χ3v) is 13.6. The molecule has 56 heavy (non-hydrogen) atoms. The Morgan fingerprint density at radius 3 is 1.62 bits per heavy atom. The van der Waals surface area contributed by atoms with E-state index in [0.717, 1.165) is 6.42 Å². The van der Waals surface area contributed by atoms with Gasteiger partial charge in [0.05, 0.1) is 6.04 Å². The van der Waals surface area contributed by atoms with Crippen LogP contribution in [0.4, 0.5) is 22.7 Å². The first kappa shape index (κ1) is 36.3. The van der Waals surface area contributed by atoms with Crippen molar-refractivity contribution in [3.8, 4) is 22.3 Å². The van der Waals surface area contributed by atoms with Gasteiger partial charge in [-0.1, -0.05) is 127 Å². The predicted molar refractivity (Wildman–Crippen MR) is 240 cm³/mol. The van der Waals surface area contributed by atoms with Gasteiger partial charge in [-0.05, 0) is 155 Å². The summed E-state index contributed by atoms with van der Waals surface area (Å²) in [6.45, 7) is 23.8. The van der Waals surface area contributed by atoms with Crippen LogP contribution in [0.15, 0.2) is 133 Å². The Balaban J connectivity index is 1.20. The van der Waals surface area contributed by atoms with Crippen LogP contribution in [0, 0.1) is 39.5 Å². The van der Waals surface area contributed by atoms with Crippen LogP contribution in [-0.2, 0) is 10.8 Å². The first-order chi connectivity index (χ1) is 26.8. The third-order valence-electron chi connectivity index (χ3n) is 13.6. The van der Waals surface area contributed by atoms with E-state index in [4.69, 9.17) is 0 Å². The molecule has 0 radical (unpaired) electrons. The van der Waals surface area contributed by atoms with E-state index in [0.29, 0.717) is 11.8 Å². The molecule has 0 amide bonds. The van der Waals surface area contributed by atoms with Crippen molar-refractivity contribution in [3.63, 3.8) is 0 Å². The molecule has 4 aliphatic carbocycles. The van der Waals surface area contributed by atoms with Crippen LogP contribution in [0.1, 0.15) is 92.5 Å². The van der Waals surface area contributed by atoms with Gasteiger partial charge in [-0.25, -0.2) is 0 Å². The van der Waals surface area contributed by atoms with Crippen molar-refractivity contribution in [3.05, 3.63) is 178 Å². The molecule has 282 valence electrons. The number of fused-ring (bicyclic) bond motifs is 7. The van der Waals surface area contributed by atoms with E-state index in [1.807, 2.05) is 0 Å². The van der Waals surface area contributed by atoms with Gasteiger partial charge >= 0.3 is 0 Å². The number of nitrogens with zero attached hydrogens (tertiary/aromatic N) is 2. The minimum Gasteiger partial charge on any atom is -0.337 e. The number of rotatable bonds is 6. The maximum absolute atomic E-state index is 2.66. The quantitative estimate of drug-likeness (QED) is 0.171. The molecule has 0 fully saturated rings. The van der Waals surface area contributed by atoms with Crippen molar-refractivity contribution in [1.82, 2.24) is 0 Å². The number of para-hydroxylation sites is 2. The second-order valence-corrected chi connectivity index (χ2v) is 18.1. The lowest BCUT2D eigenvalue weighted by molar-refractivity contribution is 0.548. The van der Waals surface area contributed by atoms with Gasteiger partial charge in [0.25, 0.3) is 0 Å². The molecular formula is C54H56N2. The highest BCUT2D eigenvalue weighted by Crippen LogP contribution is 2.61. The smallest absolute Gasteiger partial charge is 0.0582 e. The number of allylic oxidation sites excluding steroid dienone is 6. The summed E-state index contributed by atoms with van der Waals surface area (Å²) < 4.78 is 0. The lowest BCUT2D eigenvalue weighted by Crippen LogP contribution is -2.40. The van der Waals surface area contributed by atoms with Crippen LogP contribution in [0.3, 0.4) is 0 Å². The molecule has 0 bridgehead atoms. The molecule has 0 heterocycles. The van der Waals surface area contributed by atoms with Gasteiger partial charge in [0.1, 0.15) is 0 Å². The summed E-state index contributed by atoms with van der Waals surface area (Å²) in [6.07, 6.45) is 17.2. The Morgan fingerprint density at radius 2 is 1.09 bits per heavy atom. The summed E-state index contributed by atoms with van der Waals surface area (Å²) in [5.41, 5.74) is 22.6. The van der Waals surface area contributed by atoms with Gasteiger partial charge in [0.2, 0.25) is 0 Å². The lowest BCUT2D eigenvalue weighted by Gasteiger charge is -2.41. The van der Waals surface area contributed by atoms with Crippen LogP contribution >= 0.6 is 0 Å². The summed E-state index contributed by atoms with van der Waals surface area (Å²) in [4.78, 5) is 5.14. The van der Waals surface area contributed by atoms with Gasteiger partial charge in [-0.15, -0.1) is 0 Å². The Morgan fingerprint density at radius 1 is 0.571 bits per heavy atom. The summed E-state index contributed by atoms with van der Waals surface area (Å²) in [7, 11) is 0. The zero-order valence-electron chi connectivity index (χ0n) is 35.0. The molecule has 5 aromatic carbocycles. The molecule has 4 aliphatic rings. The first-order valence-corrected chi connectivity index (χ1v) is 20.7. The van der Waals surface area contributed by atoms with Crippen LogP contribution in [-0.4, -0.2) is 6.04 Å². The third kappa shape index (κ3) is 5.36. The van der Waals surface area contributed by atoms with Crippen molar-refractivity contribution < 1.29 is 0 Å². The molecule has 3 unspecified atom stereocenters. The average Bonchev–Trinajstić information content (AvgIpc) is 3.54. The Hall–Kier alpha value is -5.34. The minimum atomic E-state index is -0.203. The monoisotopic (exact) mass is 732 g/mol. The molecule has 9 rings (SSSR count). The van der Waals surface area contributed by atoms with Crippen molar-refractivity contribution in [2.24, 2.45) is 11.8 Å². The van der Waals surface area contributed by atoms with Gasteiger partial charge in [0, 0.05) is 39.3 Å². The van der Waals surface area contributed by atoms with E-state index >= 15 is 0 Å². The van der Waals surface area contributed by atoms with Crippen LogP contribution in [0.2, 0.25) is 0 Å². The fraction of sp³-hybridized carbons (Fsp3) is 0.296. The van der Waals surface area contributed by atoms with Gasteiger partial charge < -0.3 is 9.80 Å². The SMILES string of the molecule is Cc1ccccc1N(c1cc(C)c2c(c1)C(C)(C)c1c-2ccc2c1C(C)(C)c1cc(N(C3=CC=CCC3C)C3C=CC=CC3C)cc(C)c1-2)c1ccccc1C. The normalized spacial score (nSPS) is 20.6. The van der Waals surface area contributed by atoms with Gasteiger partial charge in [-0.2, -0.15) is 0 Å². The lowest BCUT2D eigenvalue weighted by atomic mass is 9.72. The highest BCUT2D eigenvalue weighted by molar-refractivity contribution is 5.95. The number of anilines is 4. The molecule has 2 nitrogen and oxygen atoms in total. The fourth-order valence-electron chi connectivity index (χ4n) is 10.7. The van der Waals surface area contributed by atoms with Crippen LogP contribution in [0.5, 0.6) is 0 Å². The predicted octanol–water partition coefficient (Wildman–Crippen LogP) is 14.4. The Labute approximate surface area is 335 Å². The number of benzene rings is 5. The maximum Gasteiger partial charge on any atom is 0.0582 e. The summed E-state index contributed by atoms with van der Waals surface area (Å²) in [6, 6.07) is 32.7. The van der Waals surface area contributed by atoms with E-state index in [-0.39, 0.29) is 16.9 Å². The van der Waals surface area contributed by atoms with Crippen molar-refractivity contribution in [2.45, 2.75) is 92.5 Å². The van der Waals surface area contributed by atoms with Gasteiger partial charge in [0.15, 0.2) is 0 Å². The van der Waals surface area contributed by atoms with E-state index in [1.165, 1.54) is 95.2 Å². The molecule has 2 heteroatoms. The molecular weight excluding hydrogens is 677 g/mol. The minimum absolute atomic E-state index is 0.187. The molecule has 0 aromatic heterocycles. The largest absolute Gasteiger partial charge is 0.337 e. The molecule has 0 spiro atoms. The van der Waals surface area contributed by atoms with Crippen molar-refractivity contribution in [2.75, 3.05) is 9.80 Å². The average molecular weight is 733 g/mol. The molecule has 0 aliphatic heterocycles. The Bertz CT molecular complexity index is 2510. The first-order valence-electron chi connectivity index (χ1n) is 20.7. The molecule has 0 saturated heterocycles. The van der Waals surface area contributed by atoms with E-state index in [1.54, 1.807) is 0 Å². The van der Waals surface area contributed by atoms with Crippen molar-refractivity contribution >= 4 is 22.7 Å². The van der Waals surface area contributed by atoms with E-state index < -0.39 is 0 Å². The topological polar surface area (TPSA) is 6.48 Å². The summed E-state index contributed by atoms with van der Waals surface area (Å²) in [5, 5.41) is 0. The Kier molecular flexibility index (Phi) is 8.51. The molecule has 3 atom stereocenters. The standard InChI is InChI=1S/C54H56N2/c1-33-19-11-15-23-45(33)55(46-24-16-12-20-34(46)2)39-29-37(5)49-41-27-28-42-50-38(6)30-40(32-44(50)54(9,10)52(42)51(41)53(7,8)43(49)31-39)56(47-25-17-13-21-35(47)3)48-26-18-14-22-36(48)4/h11-21,23-32,35-36,47H,22H2,1-10H3. The number of hydrogen-bond acceptors (Lipinski definition) is 2. The fourth-order valence-corrected chi connectivity index (χ4v) is 10.7. The second-order valence-electron chi connectivity index (χ2n) is 18.1. The van der Waals surface area contributed by atoms with Crippen LogP contribution in [0.25, 0.3) is 22.3 Å². The van der Waals surface area contributed by atoms with E-state index in [9.17, 15) is 0 Å². The van der Waals surface area contributed by atoms with Crippen LogP contribution < -0.4 is 9.80 Å². The molecule has 0 saturated carbocycles. The highest BCUT2D eigenvalue weighted by atomic mass is 15.2. The molecule has 5 aromatic rings. The van der Waals surface area contributed by atoms with E-state index in [2.05, 4.69) is 206 Å². The zero-order valence-corrected chi connectivity index (χ0v) is 35.0. The summed E-state index contributed by atoms with van der Waals surface area (Å²) >= 11 is 0. The van der Waals surface area contributed by atoms with Gasteiger partial charge in [-0.3, -0.25) is 0 Å². The van der Waals surface area contributed by atoms with Crippen molar-refractivity contribution in [1.29, 1.82) is 0 Å². The molecule has 0 N–H and O–H groups in total. The summed E-state index contributed by atoms with van der Waals surface area (Å²) in [5.74, 6) is 0.856. The zero-order chi connectivity index (χ0) is 39.3. The highest BCUT2D eigenvalue weighted by Gasteiger charge is 2.47. The maximum atomic E-state index is 2.66. The number of aryl methyl sites for hydroxylation is 4. The number of hydrogen-bond donors (Lipinski definition) is 0.